The smallest absolute Gasteiger partial charge is 0.410 e. The summed E-state index contributed by atoms with van der Waals surface area (Å²) in [6.07, 6.45) is 0.818. The molecule has 0 bridgehead atoms. The van der Waals surface area contributed by atoms with Crippen LogP contribution in [-0.4, -0.2) is 54.2 Å². The largest absolute Gasteiger partial charge is 0.444 e. The summed E-state index contributed by atoms with van der Waals surface area (Å²) >= 11 is 1.85. The first-order valence-electron chi connectivity index (χ1n) is 10.7. The van der Waals surface area contributed by atoms with Crippen LogP contribution in [0.25, 0.3) is 0 Å². The van der Waals surface area contributed by atoms with Crippen LogP contribution in [0.3, 0.4) is 0 Å². The van der Waals surface area contributed by atoms with Gasteiger partial charge in [0.1, 0.15) is 5.60 Å². The van der Waals surface area contributed by atoms with Crippen LogP contribution in [0.4, 0.5) is 16.2 Å². The summed E-state index contributed by atoms with van der Waals surface area (Å²) in [4.78, 5) is 19.1. The van der Waals surface area contributed by atoms with Crippen molar-refractivity contribution < 1.29 is 9.53 Å². The first kappa shape index (κ1) is 31.0. The van der Waals surface area contributed by atoms with E-state index in [1.54, 1.807) is 0 Å². The van der Waals surface area contributed by atoms with Gasteiger partial charge in [0.25, 0.3) is 0 Å². The van der Waals surface area contributed by atoms with Crippen LogP contribution in [0, 0.1) is 6.92 Å². The minimum Gasteiger partial charge on any atom is -0.444 e. The Hall–Kier alpha value is 0.0100. The van der Waals surface area contributed by atoms with Crippen molar-refractivity contribution in [2.75, 3.05) is 38.0 Å². The maximum Gasteiger partial charge on any atom is 0.410 e. The number of nitrogens with zero attached hydrogens (tertiary/aromatic N) is 2. The molecule has 0 saturated carbocycles. The molecule has 184 valence electrons. The lowest BCUT2D eigenvalue weighted by atomic mass is 10.1. The fraction of sp³-hybridized carbons (Fsp3) is 0.458. The third-order valence-corrected chi connectivity index (χ3v) is 6.62. The number of halogens is 3. The predicted octanol–water partition coefficient (Wildman–Crippen LogP) is 7.15. The van der Waals surface area contributed by atoms with Gasteiger partial charge in [0.15, 0.2) is 0 Å². The van der Waals surface area contributed by atoms with Crippen LogP contribution in [0.15, 0.2) is 46.2 Å². The first-order chi connectivity index (χ1) is 14.3. The van der Waals surface area contributed by atoms with E-state index in [4.69, 9.17) is 4.74 Å². The lowest BCUT2D eigenvalue weighted by molar-refractivity contribution is 0.0146. The molecule has 2 aliphatic rings. The number of para-hydroxylation sites is 1. The van der Waals surface area contributed by atoms with Crippen LogP contribution >= 0.6 is 83.7 Å². The number of piperazine rings is 1. The topological polar surface area (TPSA) is 44.8 Å². The average Bonchev–Trinajstić information content (AvgIpc) is 2.70. The molecule has 33 heavy (non-hydrogen) atoms. The highest BCUT2D eigenvalue weighted by Crippen LogP contribution is 2.45. The third-order valence-electron chi connectivity index (χ3n) is 5.50. The van der Waals surface area contributed by atoms with Crippen molar-refractivity contribution in [2.45, 2.75) is 49.5 Å². The molecule has 0 radical (unpaired) electrons. The Morgan fingerprint density at radius 1 is 1.03 bits per heavy atom. The maximum absolute atomic E-state index is 12.2. The molecule has 4 rings (SSSR count). The van der Waals surface area contributed by atoms with Gasteiger partial charge in [-0.3, -0.25) is 4.90 Å². The zero-order valence-electron chi connectivity index (χ0n) is 19.6. The summed E-state index contributed by atoms with van der Waals surface area (Å²) in [6.45, 7) is 12.1. The van der Waals surface area contributed by atoms with E-state index < -0.39 is 5.60 Å². The second kappa shape index (κ2) is 13.4. The molecule has 2 aromatic carbocycles. The van der Waals surface area contributed by atoms with E-state index in [0.717, 1.165) is 39.1 Å². The van der Waals surface area contributed by atoms with Crippen molar-refractivity contribution >= 4 is 101 Å². The van der Waals surface area contributed by atoms with E-state index in [-0.39, 0.29) is 78.0 Å². The molecule has 2 aromatic rings. The lowest BCUT2D eigenvalue weighted by Gasteiger charge is -2.35. The molecule has 0 spiro atoms. The van der Waals surface area contributed by atoms with E-state index in [2.05, 4.69) is 53.5 Å². The number of anilines is 2. The molecule has 0 atom stereocenters. The van der Waals surface area contributed by atoms with Gasteiger partial charge in [-0.2, -0.15) is 0 Å². The van der Waals surface area contributed by atoms with Crippen molar-refractivity contribution in [3.05, 3.63) is 47.5 Å². The van der Waals surface area contributed by atoms with Crippen molar-refractivity contribution in [3.8, 4) is 0 Å². The molecule has 1 saturated heterocycles. The molecule has 2 heterocycles. The summed E-state index contributed by atoms with van der Waals surface area (Å²) < 4.78 is 5.49. The molecule has 1 fully saturated rings. The van der Waals surface area contributed by atoms with Crippen molar-refractivity contribution in [2.24, 2.45) is 0 Å². The molecule has 9 heteroatoms. The van der Waals surface area contributed by atoms with Crippen LogP contribution < -0.4 is 5.32 Å². The number of nitrogens with one attached hydrogen (secondary N) is 1. The second-order valence-corrected chi connectivity index (χ2v) is 10.1. The Labute approximate surface area is 253 Å². The highest BCUT2D eigenvalue weighted by Gasteiger charge is 2.25. The standard InChI is InChI=1S/C24H31N3O2S.3HI/c1-17-6-5-7-20-22(17)25-19-9-8-18(16-21(19)30-20)10-11-26-12-14-27(15-13-26)23(28)29-24(2,3)4;;;/h5-9,16,25H,10-15H2,1-4H3;3*1H. The Kier molecular flexibility index (Phi) is 12.6. The minimum atomic E-state index is -0.438. The zero-order valence-corrected chi connectivity index (χ0v) is 27.4. The molecule has 1 amide bonds. The van der Waals surface area contributed by atoms with Gasteiger partial charge >= 0.3 is 6.09 Å². The fourth-order valence-electron chi connectivity index (χ4n) is 3.82. The van der Waals surface area contributed by atoms with E-state index in [1.165, 1.54) is 32.3 Å². The van der Waals surface area contributed by atoms with Gasteiger partial charge < -0.3 is 15.0 Å². The van der Waals surface area contributed by atoms with E-state index in [0.29, 0.717) is 0 Å². The molecule has 5 nitrogen and oxygen atoms in total. The van der Waals surface area contributed by atoms with E-state index in [1.807, 2.05) is 37.4 Å². The van der Waals surface area contributed by atoms with Crippen LogP contribution in [-0.2, 0) is 11.2 Å². The molecule has 0 aromatic heterocycles. The first-order valence-corrected chi connectivity index (χ1v) is 11.5. The Balaban J connectivity index is 0.00000181. The lowest BCUT2D eigenvalue weighted by Crippen LogP contribution is -2.50. The summed E-state index contributed by atoms with van der Waals surface area (Å²) in [5.41, 5.74) is 4.61. The average molecular weight is 809 g/mol. The van der Waals surface area contributed by atoms with Crippen molar-refractivity contribution in [1.82, 2.24) is 9.80 Å². The molecular weight excluding hydrogens is 775 g/mol. The minimum absolute atomic E-state index is 0. The number of carbonyl (C=O) groups excluding carboxylic acids is 1. The maximum atomic E-state index is 12.2. The number of fused-ring (bicyclic) bond motifs is 2. The fourth-order valence-corrected chi connectivity index (χ4v) is 4.95. The number of hydrogen-bond acceptors (Lipinski definition) is 5. The number of amides is 1. The molecule has 0 unspecified atom stereocenters. The van der Waals surface area contributed by atoms with Gasteiger partial charge in [-0.15, -0.1) is 71.9 Å². The number of aryl methyl sites for hydroxylation is 1. The molecular formula is C24H34I3N3O2S. The monoisotopic (exact) mass is 809 g/mol. The Morgan fingerprint density at radius 3 is 2.39 bits per heavy atom. The molecule has 2 aliphatic heterocycles. The Morgan fingerprint density at radius 2 is 1.73 bits per heavy atom. The van der Waals surface area contributed by atoms with Crippen LogP contribution in [0.5, 0.6) is 0 Å². The van der Waals surface area contributed by atoms with Crippen LogP contribution in [0.1, 0.15) is 31.9 Å². The summed E-state index contributed by atoms with van der Waals surface area (Å²) in [6, 6.07) is 13.2. The SMILES string of the molecule is Cc1cccc2c1Nc1ccc(CCN3CCN(C(=O)OC(C)(C)C)CC3)cc1S2.I.I.I. The van der Waals surface area contributed by atoms with Gasteiger partial charge in [-0.25, -0.2) is 4.79 Å². The molecule has 0 aliphatic carbocycles. The Bertz CT molecular complexity index is 945. The quantitative estimate of drug-likeness (QED) is 0.285. The van der Waals surface area contributed by atoms with E-state index >= 15 is 0 Å². The predicted molar refractivity (Wildman–Crippen MR) is 169 cm³/mol. The highest BCUT2D eigenvalue weighted by atomic mass is 127. The second-order valence-electron chi connectivity index (χ2n) is 9.06. The van der Waals surface area contributed by atoms with E-state index in [9.17, 15) is 4.79 Å². The summed E-state index contributed by atoms with van der Waals surface area (Å²) in [5, 5.41) is 3.59. The van der Waals surface area contributed by atoms with Gasteiger partial charge in [0.05, 0.1) is 11.4 Å². The molecule has 1 N–H and O–H groups in total. The summed E-state index contributed by atoms with van der Waals surface area (Å²) in [7, 11) is 0. The van der Waals surface area contributed by atoms with Crippen LogP contribution in [0.2, 0.25) is 0 Å². The zero-order chi connectivity index (χ0) is 21.3. The van der Waals surface area contributed by atoms with Crippen molar-refractivity contribution in [3.63, 3.8) is 0 Å². The van der Waals surface area contributed by atoms with Gasteiger partial charge in [-0.05, 0) is 63.4 Å². The third kappa shape index (κ3) is 8.28. The number of rotatable bonds is 3. The number of ether oxygens (including phenoxy) is 1. The van der Waals surface area contributed by atoms with Gasteiger partial charge in [-0.1, -0.05) is 30.0 Å². The highest BCUT2D eigenvalue weighted by molar-refractivity contribution is 14.0. The van der Waals surface area contributed by atoms with Gasteiger partial charge in [0.2, 0.25) is 0 Å². The van der Waals surface area contributed by atoms with Gasteiger partial charge in [0, 0.05) is 42.5 Å². The number of carbonyl (C=O) groups is 1. The van der Waals surface area contributed by atoms with Crippen molar-refractivity contribution in [1.29, 1.82) is 0 Å². The number of hydrogen-bond donors (Lipinski definition) is 1. The number of benzene rings is 2. The normalized spacial score (nSPS) is 15.0. The summed E-state index contributed by atoms with van der Waals surface area (Å²) in [5.74, 6) is 0.